The Bertz CT molecular complexity index is 447. The molecule has 0 aromatic rings. The number of hydrogen-bond donors (Lipinski definition) is 0. The third-order valence-corrected chi connectivity index (χ3v) is 0. The van der Waals surface area contributed by atoms with Crippen molar-refractivity contribution in [2.24, 2.45) is 0 Å². The van der Waals surface area contributed by atoms with Gasteiger partial charge >= 0.3 is 175 Å². The van der Waals surface area contributed by atoms with Crippen LogP contribution in [0.25, 0.3) is 0 Å². The predicted molar refractivity (Wildman–Crippen MR) is 96.1 cm³/mol. The third kappa shape index (κ3) is 117000. The van der Waals surface area contributed by atoms with Gasteiger partial charge in [-0.25, -0.2) is 0 Å². The van der Waals surface area contributed by atoms with Crippen molar-refractivity contribution in [1.82, 2.24) is 0 Å². The number of carboxylic acids is 9. The van der Waals surface area contributed by atoms with Gasteiger partial charge in [-0.05, 0) is 62.3 Å². The van der Waals surface area contributed by atoms with Gasteiger partial charge < -0.3 is 89.1 Å². The van der Waals surface area contributed by atoms with Crippen molar-refractivity contribution in [3.8, 4) is 0 Å². The summed E-state index contributed by atoms with van der Waals surface area (Å²) < 4.78 is 0. The summed E-state index contributed by atoms with van der Waals surface area (Å²) in [5.74, 6) is -9.75. The van der Waals surface area contributed by atoms with Gasteiger partial charge in [-0.3, -0.25) is 0 Å². The molecule has 45 heavy (non-hydrogen) atoms. The van der Waals surface area contributed by atoms with Crippen molar-refractivity contribution in [2.45, 2.75) is 62.3 Å². The molecule has 0 aliphatic heterocycles. The van der Waals surface area contributed by atoms with Crippen LogP contribution >= 0.6 is 0 Å². The van der Waals surface area contributed by atoms with Gasteiger partial charge in [0.05, 0.1) is 0 Å². The standard InChI is InChI=1S/9C2H4O2.9Zn/c9*1-2(3)4;;;;;;;;;/h9*1H3,(H,3,4);;;;;;;;;/q;;;;;;;;;9*+2/p-9. The molecule has 18 nitrogen and oxygen atoms in total. The van der Waals surface area contributed by atoms with Crippen LogP contribution < -0.4 is 46.0 Å². The van der Waals surface area contributed by atoms with Crippen LogP contribution in [0.1, 0.15) is 62.3 Å². The second kappa shape index (κ2) is 111. The summed E-state index contributed by atoms with van der Waals surface area (Å²) in [6, 6.07) is 0. The number of hydrogen-bond acceptors (Lipinski definition) is 18. The van der Waals surface area contributed by atoms with E-state index in [1.165, 1.54) is 0 Å². The average molecular weight is 1120 g/mol. The van der Waals surface area contributed by atoms with E-state index in [9.17, 15) is 0 Å². The summed E-state index contributed by atoms with van der Waals surface area (Å²) in [6.45, 7) is 8.75. The van der Waals surface area contributed by atoms with Crippen molar-refractivity contribution in [3.05, 3.63) is 0 Å². The van der Waals surface area contributed by atoms with Crippen LogP contribution in [-0.4, -0.2) is 53.7 Å². The van der Waals surface area contributed by atoms with Gasteiger partial charge in [0.2, 0.25) is 0 Å². The van der Waals surface area contributed by atoms with Crippen LogP contribution in [0.5, 0.6) is 0 Å². The van der Waals surface area contributed by atoms with Crippen molar-refractivity contribution in [2.75, 3.05) is 0 Å². The summed E-state index contributed by atoms with van der Waals surface area (Å²) in [5.41, 5.74) is 0. The largest absolute Gasteiger partial charge is 2.00 e. The van der Waals surface area contributed by atoms with E-state index in [1.807, 2.05) is 0 Å². The Balaban J connectivity index is -0.0000000111. The summed E-state index contributed by atoms with van der Waals surface area (Å²) in [6.07, 6.45) is 0. The average Bonchev–Trinajstić information content (AvgIpc) is 2.39. The topological polar surface area (TPSA) is 361 Å². The van der Waals surface area contributed by atoms with Gasteiger partial charge in [0.15, 0.2) is 0 Å². The van der Waals surface area contributed by atoms with Gasteiger partial charge in [-0.2, -0.15) is 0 Å². The third-order valence-electron chi connectivity index (χ3n) is 0. The van der Waals surface area contributed by atoms with Crippen LogP contribution in [0.2, 0.25) is 0 Å². The van der Waals surface area contributed by atoms with Gasteiger partial charge in [0, 0.05) is 53.7 Å². The molecular weight excluding hydrogens is 1090 g/mol. The summed E-state index contributed by atoms with van der Waals surface area (Å²) in [4.78, 5) is 80.0. The Morgan fingerprint density at radius 2 is 0.200 bits per heavy atom. The van der Waals surface area contributed by atoms with Crippen molar-refractivity contribution in [1.29, 1.82) is 0 Å². The molecule has 0 aliphatic rings. The second-order valence-electron chi connectivity index (χ2n) is 4.42. The van der Waals surface area contributed by atoms with E-state index in [2.05, 4.69) is 0 Å². The first-order valence-corrected chi connectivity index (χ1v) is 8.17. The van der Waals surface area contributed by atoms with Crippen LogP contribution in [0.15, 0.2) is 0 Å². The zero-order valence-electron chi connectivity index (χ0n) is 27.2. The number of carbonyl (C=O) groups is 9. The van der Waals surface area contributed by atoms with Crippen LogP contribution in [0.3, 0.4) is 0 Å². The van der Waals surface area contributed by atoms with Crippen LogP contribution in [-0.2, 0) is 218 Å². The SMILES string of the molecule is CC(=O)[O-].CC(=O)[O-].CC(=O)[O-].CC(=O)[O-].CC(=O)[O-].CC(=O)[O-].CC(=O)[O-].CC(=O)[O-].CC(=O)[O-].[Zn+2].[Zn+2].[Zn+2].[Zn+2].[Zn+2].[Zn+2].[Zn+2].[Zn+2].[Zn+2]. The predicted octanol–water partition coefficient (Wildman–Crippen LogP) is -11.2. The maximum absolute atomic E-state index is 8.89. The van der Waals surface area contributed by atoms with Gasteiger partial charge in [0.25, 0.3) is 0 Å². The van der Waals surface area contributed by atoms with Gasteiger partial charge in [-0.1, -0.05) is 0 Å². The number of aliphatic carboxylic acids is 9. The minimum Gasteiger partial charge on any atom is -0.550 e. The molecule has 0 spiro atoms. The molecule has 0 aliphatic carbocycles. The van der Waals surface area contributed by atoms with Crippen molar-refractivity contribution in [3.63, 3.8) is 0 Å². The first-order valence-electron chi connectivity index (χ1n) is 8.17. The van der Waals surface area contributed by atoms with Crippen molar-refractivity contribution >= 4 is 53.7 Å². The zero-order valence-corrected chi connectivity index (χ0v) is 53.9. The monoisotopic (exact) mass is 1110 g/mol. The van der Waals surface area contributed by atoms with Crippen molar-refractivity contribution < 1.29 is 264 Å². The minimum atomic E-state index is -1.08. The summed E-state index contributed by atoms with van der Waals surface area (Å²) in [5, 5.41) is 80.0. The molecule has 0 aromatic heterocycles. The Labute approximate surface area is 376 Å². The molecule has 216 valence electrons. The van der Waals surface area contributed by atoms with E-state index in [1.54, 1.807) is 0 Å². The Hall–Kier alpha value is 0.840. The molecule has 0 amide bonds. The first-order chi connectivity index (χ1) is 15.6. The molecule has 0 bridgehead atoms. The van der Waals surface area contributed by atoms with Gasteiger partial charge in [0.1, 0.15) is 0 Å². The zero-order chi connectivity index (χ0) is 32.2. The van der Waals surface area contributed by atoms with E-state index in [4.69, 9.17) is 89.1 Å². The Kier molecular flexibility index (Phi) is 294. The number of rotatable bonds is 0. The van der Waals surface area contributed by atoms with E-state index in [0.29, 0.717) is 0 Å². The van der Waals surface area contributed by atoms with E-state index >= 15 is 0 Å². The van der Waals surface area contributed by atoms with E-state index < -0.39 is 53.7 Å². The van der Waals surface area contributed by atoms with E-state index in [-0.39, 0.29) is 175 Å². The maximum Gasteiger partial charge on any atom is 2.00 e. The number of carboxylic acid groups (broad SMARTS) is 9. The molecule has 0 N–H and O–H groups in total. The van der Waals surface area contributed by atoms with Gasteiger partial charge in [-0.15, -0.1) is 0 Å². The maximum atomic E-state index is 8.89. The van der Waals surface area contributed by atoms with Crippen LogP contribution in [0.4, 0.5) is 0 Å². The summed E-state index contributed by atoms with van der Waals surface area (Å²) >= 11 is 0. The molecular formula is C18H27O18Zn9+9. The second-order valence-corrected chi connectivity index (χ2v) is 4.42. The quantitative estimate of drug-likeness (QED) is 0.203. The normalized spacial score (nSPS) is 5.00. The molecule has 0 saturated heterocycles. The molecule has 0 fully saturated rings. The molecule has 0 aromatic carbocycles. The molecule has 0 rings (SSSR count). The fourth-order valence-electron chi connectivity index (χ4n) is 0. The Morgan fingerprint density at radius 3 is 0.200 bits per heavy atom. The minimum absolute atomic E-state index is 0. The number of carbonyl (C=O) groups excluding carboxylic acids is 9. The Morgan fingerprint density at radius 1 is 0.200 bits per heavy atom. The van der Waals surface area contributed by atoms with Crippen LogP contribution in [0, 0.1) is 0 Å². The van der Waals surface area contributed by atoms with E-state index in [0.717, 1.165) is 62.3 Å². The fourth-order valence-corrected chi connectivity index (χ4v) is 0. The molecule has 0 radical (unpaired) electrons. The smallest absolute Gasteiger partial charge is 0.550 e. The summed E-state index contributed by atoms with van der Waals surface area (Å²) in [7, 11) is 0. The fraction of sp³-hybridized carbons (Fsp3) is 0.500. The molecule has 0 unspecified atom stereocenters. The molecule has 27 heteroatoms. The first kappa shape index (κ1) is 119. The molecule has 0 saturated carbocycles. The molecule has 0 heterocycles. The molecule has 0 atom stereocenters.